The fraction of sp³-hybridized carbons (Fsp3) is 0.368. The van der Waals surface area contributed by atoms with Crippen LogP contribution in [0.15, 0.2) is 41.4 Å². The molecule has 2 rings (SSSR count). The molecule has 0 saturated carbocycles. The molecule has 0 unspecified atom stereocenters. The minimum Gasteiger partial charge on any atom is -0.496 e. The largest absolute Gasteiger partial charge is 0.496 e. The van der Waals surface area contributed by atoms with E-state index in [0.717, 1.165) is 41.6 Å². The number of benzene rings is 1. The van der Waals surface area contributed by atoms with Crippen molar-refractivity contribution in [3.63, 3.8) is 0 Å². The van der Waals surface area contributed by atoms with E-state index < -0.39 is 0 Å². The van der Waals surface area contributed by atoms with Crippen LogP contribution in [-0.4, -0.2) is 31.6 Å². The quantitative estimate of drug-likeness (QED) is 0.633. The van der Waals surface area contributed by atoms with Crippen molar-refractivity contribution < 1.29 is 4.74 Å². The number of nitrogens with one attached hydrogen (secondary N) is 2. The summed E-state index contributed by atoms with van der Waals surface area (Å²) >= 11 is 0. The molecule has 5 heteroatoms. The molecule has 0 aliphatic rings. The molecule has 0 amide bonds. The van der Waals surface area contributed by atoms with Crippen LogP contribution in [0.4, 0.5) is 0 Å². The standard InChI is InChI=1S/C19H26N4O/c1-14-8-9-16(12-18(14)24-4)10-11-21-19(20-3)22-13-17-7-5-6-15(2)23-17/h5-9,12H,10-11,13H2,1-4H3,(H2,20,21,22). The number of guanidine groups is 1. The van der Waals surface area contributed by atoms with Gasteiger partial charge in [0.2, 0.25) is 0 Å². The molecular formula is C19H26N4O. The lowest BCUT2D eigenvalue weighted by molar-refractivity contribution is 0.411. The summed E-state index contributed by atoms with van der Waals surface area (Å²) in [4.78, 5) is 8.72. The molecule has 0 fully saturated rings. The highest BCUT2D eigenvalue weighted by Gasteiger charge is 2.02. The summed E-state index contributed by atoms with van der Waals surface area (Å²) in [5, 5.41) is 6.61. The second-order valence-corrected chi connectivity index (χ2v) is 5.68. The molecule has 1 aromatic heterocycles. The number of rotatable bonds is 6. The van der Waals surface area contributed by atoms with Gasteiger partial charge < -0.3 is 15.4 Å². The van der Waals surface area contributed by atoms with E-state index in [2.05, 4.69) is 38.8 Å². The smallest absolute Gasteiger partial charge is 0.191 e. The summed E-state index contributed by atoms with van der Waals surface area (Å²) in [6.07, 6.45) is 0.903. The van der Waals surface area contributed by atoms with Gasteiger partial charge in [0.05, 0.1) is 19.3 Å². The Morgan fingerprint density at radius 2 is 2.00 bits per heavy atom. The molecule has 0 aliphatic heterocycles. The van der Waals surface area contributed by atoms with Crippen LogP contribution in [0, 0.1) is 13.8 Å². The lowest BCUT2D eigenvalue weighted by Crippen LogP contribution is -2.38. The Morgan fingerprint density at radius 1 is 1.17 bits per heavy atom. The third-order valence-corrected chi connectivity index (χ3v) is 3.79. The van der Waals surface area contributed by atoms with Crippen molar-refractivity contribution in [2.24, 2.45) is 4.99 Å². The highest BCUT2D eigenvalue weighted by atomic mass is 16.5. The zero-order valence-electron chi connectivity index (χ0n) is 14.9. The maximum atomic E-state index is 5.37. The zero-order valence-corrected chi connectivity index (χ0v) is 14.9. The van der Waals surface area contributed by atoms with E-state index in [9.17, 15) is 0 Å². The van der Waals surface area contributed by atoms with E-state index in [0.29, 0.717) is 6.54 Å². The lowest BCUT2D eigenvalue weighted by Gasteiger charge is -2.12. The highest BCUT2D eigenvalue weighted by Crippen LogP contribution is 2.18. The van der Waals surface area contributed by atoms with Gasteiger partial charge in [-0.3, -0.25) is 9.98 Å². The van der Waals surface area contributed by atoms with E-state index >= 15 is 0 Å². The Hall–Kier alpha value is -2.56. The summed E-state index contributed by atoms with van der Waals surface area (Å²) < 4.78 is 5.37. The van der Waals surface area contributed by atoms with Gasteiger partial charge in [-0.05, 0) is 49.6 Å². The molecule has 1 aromatic carbocycles. The third-order valence-electron chi connectivity index (χ3n) is 3.79. The molecule has 0 saturated heterocycles. The van der Waals surface area contributed by atoms with Gasteiger partial charge in [0.25, 0.3) is 0 Å². The van der Waals surface area contributed by atoms with Gasteiger partial charge in [-0.15, -0.1) is 0 Å². The van der Waals surface area contributed by atoms with Crippen molar-refractivity contribution in [1.29, 1.82) is 0 Å². The van der Waals surface area contributed by atoms with Crippen molar-refractivity contribution in [2.45, 2.75) is 26.8 Å². The average molecular weight is 326 g/mol. The predicted molar refractivity (Wildman–Crippen MR) is 98.6 cm³/mol. The first-order chi connectivity index (χ1) is 11.6. The predicted octanol–water partition coefficient (Wildman–Crippen LogP) is 2.61. The van der Waals surface area contributed by atoms with E-state index in [-0.39, 0.29) is 0 Å². The maximum Gasteiger partial charge on any atom is 0.191 e. The van der Waals surface area contributed by atoms with Gasteiger partial charge in [-0.1, -0.05) is 18.2 Å². The number of pyridine rings is 1. The monoisotopic (exact) mass is 326 g/mol. The number of aromatic nitrogens is 1. The van der Waals surface area contributed by atoms with Crippen LogP contribution >= 0.6 is 0 Å². The van der Waals surface area contributed by atoms with Crippen molar-refractivity contribution in [2.75, 3.05) is 20.7 Å². The number of nitrogens with zero attached hydrogens (tertiary/aromatic N) is 2. The molecule has 2 aromatic rings. The van der Waals surface area contributed by atoms with Crippen LogP contribution in [0.3, 0.4) is 0 Å². The van der Waals surface area contributed by atoms with Crippen LogP contribution in [-0.2, 0) is 13.0 Å². The first kappa shape index (κ1) is 17.8. The van der Waals surface area contributed by atoms with Crippen molar-refractivity contribution in [1.82, 2.24) is 15.6 Å². The Morgan fingerprint density at radius 3 is 2.71 bits per heavy atom. The van der Waals surface area contributed by atoms with Crippen LogP contribution in [0.25, 0.3) is 0 Å². The summed E-state index contributed by atoms with van der Waals surface area (Å²) in [5.41, 5.74) is 4.41. The van der Waals surface area contributed by atoms with E-state index in [4.69, 9.17) is 4.74 Å². The number of methoxy groups -OCH3 is 1. The number of aliphatic imine (C=N–C) groups is 1. The average Bonchev–Trinajstić information content (AvgIpc) is 2.59. The summed E-state index contributed by atoms with van der Waals surface area (Å²) in [6, 6.07) is 12.3. The van der Waals surface area contributed by atoms with Gasteiger partial charge >= 0.3 is 0 Å². The molecular weight excluding hydrogens is 300 g/mol. The fourth-order valence-corrected chi connectivity index (χ4v) is 2.44. The zero-order chi connectivity index (χ0) is 17.4. The number of ether oxygens (including phenoxy) is 1. The second-order valence-electron chi connectivity index (χ2n) is 5.68. The van der Waals surface area contributed by atoms with Crippen LogP contribution in [0.5, 0.6) is 5.75 Å². The molecule has 0 spiro atoms. The van der Waals surface area contributed by atoms with E-state index in [1.807, 2.05) is 32.0 Å². The lowest BCUT2D eigenvalue weighted by atomic mass is 10.1. The Labute approximate surface area is 144 Å². The van der Waals surface area contributed by atoms with E-state index in [1.54, 1.807) is 14.2 Å². The molecule has 0 atom stereocenters. The fourth-order valence-electron chi connectivity index (χ4n) is 2.44. The molecule has 0 aliphatic carbocycles. The molecule has 1 heterocycles. The van der Waals surface area contributed by atoms with Crippen LogP contribution < -0.4 is 15.4 Å². The van der Waals surface area contributed by atoms with Gasteiger partial charge in [0, 0.05) is 19.3 Å². The second kappa shape index (κ2) is 8.91. The molecule has 0 bridgehead atoms. The minimum absolute atomic E-state index is 0.652. The van der Waals surface area contributed by atoms with Crippen LogP contribution in [0.2, 0.25) is 0 Å². The minimum atomic E-state index is 0.652. The molecule has 2 N–H and O–H groups in total. The topological polar surface area (TPSA) is 58.5 Å². The molecule has 24 heavy (non-hydrogen) atoms. The third kappa shape index (κ3) is 5.26. The van der Waals surface area contributed by atoms with Gasteiger partial charge in [0.15, 0.2) is 5.96 Å². The SMILES string of the molecule is CN=C(NCCc1ccc(C)c(OC)c1)NCc1cccc(C)n1. The van der Waals surface area contributed by atoms with Crippen molar-refractivity contribution >= 4 is 5.96 Å². The van der Waals surface area contributed by atoms with Gasteiger partial charge in [-0.2, -0.15) is 0 Å². The number of hydrogen-bond acceptors (Lipinski definition) is 3. The first-order valence-electron chi connectivity index (χ1n) is 8.13. The molecule has 0 radical (unpaired) electrons. The first-order valence-corrected chi connectivity index (χ1v) is 8.13. The Bertz CT molecular complexity index is 698. The summed E-state index contributed by atoms with van der Waals surface area (Å²) in [5.74, 6) is 1.71. The molecule has 128 valence electrons. The summed E-state index contributed by atoms with van der Waals surface area (Å²) in [7, 11) is 3.48. The maximum absolute atomic E-state index is 5.37. The van der Waals surface area contributed by atoms with Crippen molar-refractivity contribution in [3.8, 4) is 5.75 Å². The van der Waals surface area contributed by atoms with Gasteiger partial charge in [0.1, 0.15) is 5.75 Å². The number of aryl methyl sites for hydroxylation is 2. The van der Waals surface area contributed by atoms with Crippen LogP contribution in [0.1, 0.15) is 22.5 Å². The summed E-state index contributed by atoms with van der Waals surface area (Å²) in [6.45, 7) is 5.49. The Kier molecular flexibility index (Phi) is 6.61. The molecule has 5 nitrogen and oxygen atoms in total. The van der Waals surface area contributed by atoms with E-state index in [1.165, 1.54) is 5.56 Å². The highest BCUT2D eigenvalue weighted by molar-refractivity contribution is 5.79. The number of hydrogen-bond donors (Lipinski definition) is 2. The van der Waals surface area contributed by atoms with Gasteiger partial charge in [-0.25, -0.2) is 0 Å². The normalized spacial score (nSPS) is 11.2. The Balaban J connectivity index is 1.81. The van der Waals surface area contributed by atoms with Crippen molar-refractivity contribution in [3.05, 3.63) is 58.9 Å².